The van der Waals surface area contributed by atoms with E-state index in [-0.39, 0.29) is 0 Å². The summed E-state index contributed by atoms with van der Waals surface area (Å²) < 4.78 is 16.0. The van der Waals surface area contributed by atoms with Gasteiger partial charge in [0, 0.05) is 18.2 Å². The quantitative estimate of drug-likeness (QED) is 0.852. The van der Waals surface area contributed by atoms with Crippen LogP contribution in [0.4, 0.5) is 0 Å². The van der Waals surface area contributed by atoms with Gasteiger partial charge in [-0.15, -0.1) is 0 Å². The summed E-state index contributed by atoms with van der Waals surface area (Å²) in [7, 11) is 1.67. The zero-order chi connectivity index (χ0) is 12.3. The van der Waals surface area contributed by atoms with Gasteiger partial charge in [-0.05, 0) is 18.5 Å². The van der Waals surface area contributed by atoms with Crippen molar-refractivity contribution in [3.8, 4) is 17.2 Å². The van der Waals surface area contributed by atoms with Crippen molar-refractivity contribution in [3.63, 3.8) is 0 Å². The molecule has 0 saturated carbocycles. The lowest BCUT2D eigenvalue weighted by atomic mass is 10.1. The summed E-state index contributed by atoms with van der Waals surface area (Å²) in [5.41, 5.74) is 1.09. The van der Waals surface area contributed by atoms with Crippen LogP contribution in [0.3, 0.4) is 0 Å². The van der Waals surface area contributed by atoms with Crippen LogP contribution in [0.25, 0.3) is 0 Å². The molecular weight excluding hydrogens is 218 g/mol. The molecule has 0 saturated heterocycles. The fraction of sp³-hybridized carbons (Fsp3) is 0.538. The minimum absolute atomic E-state index is 0.293. The Balaban J connectivity index is 2.09. The molecule has 1 aliphatic rings. The Labute approximate surface area is 102 Å². The second kappa shape index (κ2) is 5.27. The molecule has 0 aromatic heterocycles. The molecule has 0 fully saturated rings. The molecule has 0 aliphatic carbocycles. The van der Waals surface area contributed by atoms with Gasteiger partial charge in [-0.25, -0.2) is 0 Å². The van der Waals surface area contributed by atoms with E-state index in [0.717, 1.165) is 35.9 Å². The predicted octanol–water partition coefficient (Wildman–Crippen LogP) is 2.17. The van der Waals surface area contributed by atoms with Crippen LogP contribution in [0.5, 0.6) is 17.2 Å². The molecule has 0 radical (unpaired) electrons. The van der Waals surface area contributed by atoms with E-state index in [2.05, 4.69) is 19.2 Å². The number of nitrogens with one attached hydrogen (secondary N) is 1. The van der Waals surface area contributed by atoms with Crippen LogP contribution >= 0.6 is 0 Å². The van der Waals surface area contributed by atoms with Crippen LogP contribution in [-0.4, -0.2) is 20.4 Å². The number of methoxy groups -OCH3 is 1. The Morgan fingerprint density at radius 3 is 2.65 bits per heavy atom. The molecule has 0 bridgehead atoms. The zero-order valence-electron chi connectivity index (χ0n) is 10.6. The Bertz CT molecular complexity index is 390. The molecule has 0 unspecified atom stereocenters. The molecule has 1 aromatic rings. The Kier molecular flexibility index (Phi) is 3.74. The molecule has 0 atom stereocenters. The van der Waals surface area contributed by atoms with E-state index in [4.69, 9.17) is 14.2 Å². The summed E-state index contributed by atoms with van der Waals surface area (Å²) in [6.45, 7) is 6.42. The number of hydrogen-bond acceptors (Lipinski definition) is 4. The first-order chi connectivity index (χ1) is 8.20. The average Bonchev–Trinajstić information content (AvgIpc) is 2.74. The summed E-state index contributed by atoms with van der Waals surface area (Å²) in [6.07, 6.45) is 0. The van der Waals surface area contributed by atoms with Crippen molar-refractivity contribution in [1.29, 1.82) is 0 Å². The van der Waals surface area contributed by atoms with Crippen LogP contribution in [0.15, 0.2) is 12.1 Å². The smallest absolute Gasteiger partial charge is 0.231 e. The first-order valence-electron chi connectivity index (χ1n) is 5.88. The summed E-state index contributed by atoms with van der Waals surface area (Å²) >= 11 is 0. The second-order valence-electron chi connectivity index (χ2n) is 4.54. The van der Waals surface area contributed by atoms with Gasteiger partial charge in [-0.2, -0.15) is 0 Å². The van der Waals surface area contributed by atoms with Crippen molar-refractivity contribution in [2.24, 2.45) is 5.92 Å². The normalized spacial score (nSPS) is 13.2. The lowest BCUT2D eigenvalue weighted by Gasteiger charge is -2.12. The zero-order valence-corrected chi connectivity index (χ0v) is 10.6. The molecule has 1 heterocycles. The van der Waals surface area contributed by atoms with Crippen LogP contribution in [0.1, 0.15) is 19.4 Å². The molecule has 1 N–H and O–H groups in total. The van der Waals surface area contributed by atoms with Crippen molar-refractivity contribution < 1.29 is 14.2 Å². The number of fused-ring (bicyclic) bond motifs is 1. The van der Waals surface area contributed by atoms with E-state index in [1.165, 1.54) is 0 Å². The molecule has 4 heteroatoms. The number of rotatable bonds is 5. The molecule has 2 rings (SSSR count). The molecule has 1 aromatic carbocycles. The lowest BCUT2D eigenvalue weighted by Crippen LogP contribution is -2.19. The standard InChI is InChI=1S/C13H19NO3/c1-9(2)6-14-7-10-4-12-13(17-8-16-12)5-11(10)15-3/h4-5,9,14H,6-8H2,1-3H3. The predicted molar refractivity (Wildman–Crippen MR) is 65.7 cm³/mol. The van der Waals surface area contributed by atoms with E-state index in [0.29, 0.717) is 12.7 Å². The van der Waals surface area contributed by atoms with Crippen LogP contribution < -0.4 is 19.5 Å². The maximum absolute atomic E-state index is 5.36. The maximum atomic E-state index is 5.36. The summed E-state index contributed by atoms with van der Waals surface area (Å²) in [4.78, 5) is 0. The molecule has 17 heavy (non-hydrogen) atoms. The molecule has 4 nitrogen and oxygen atoms in total. The van der Waals surface area contributed by atoms with Crippen molar-refractivity contribution in [2.45, 2.75) is 20.4 Å². The van der Waals surface area contributed by atoms with Gasteiger partial charge >= 0.3 is 0 Å². The fourth-order valence-electron chi connectivity index (χ4n) is 1.79. The van der Waals surface area contributed by atoms with E-state index in [1.54, 1.807) is 7.11 Å². The second-order valence-corrected chi connectivity index (χ2v) is 4.54. The van der Waals surface area contributed by atoms with Crippen LogP contribution in [0.2, 0.25) is 0 Å². The van der Waals surface area contributed by atoms with Gasteiger partial charge in [0.2, 0.25) is 6.79 Å². The fourth-order valence-corrected chi connectivity index (χ4v) is 1.79. The Morgan fingerprint density at radius 2 is 2.00 bits per heavy atom. The van der Waals surface area contributed by atoms with Crippen LogP contribution in [-0.2, 0) is 6.54 Å². The third kappa shape index (κ3) is 2.82. The van der Waals surface area contributed by atoms with E-state index < -0.39 is 0 Å². The topological polar surface area (TPSA) is 39.7 Å². The van der Waals surface area contributed by atoms with Gasteiger partial charge in [0.05, 0.1) is 7.11 Å². The largest absolute Gasteiger partial charge is 0.496 e. The lowest BCUT2D eigenvalue weighted by molar-refractivity contribution is 0.174. The van der Waals surface area contributed by atoms with E-state index >= 15 is 0 Å². The highest BCUT2D eigenvalue weighted by Crippen LogP contribution is 2.37. The molecule has 94 valence electrons. The average molecular weight is 237 g/mol. The number of hydrogen-bond donors (Lipinski definition) is 1. The van der Waals surface area contributed by atoms with Crippen molar-refractivity contribution in [1.82, 2.24) is 5.32 Å². The first kappa shape index (κ1) is 12.0. The van der Waals surface area contributed by atoms with Gasteiger partial charge in [-0.1, -0.05) is 13.8 Å². The van der Waals surface area contributed by atoms with Gasteiger partial charge in [0.25, 0.3) is 0 Å². The summed E-state index contributed by atoms with van der Waals surface area (Å²) in [6, 6.07) is 3.86. The third-order valence-corrected chi connectivity index (χ3v) is 2.64. The Morgan fingerprint density at radius 1 is 1.29 bits per heavy atom. The molecule has 0 spiro atoms. The molecule has 1 aliphatic heterocycles. The van der Waals surface area contributed by atoms with Crippen LogP contribution in [0, 0.1) is 5.92 Å². The minimum Gasteiger partial charge on any atom is -0.496 e. The van der Waals surface area contributed by atoms with Gasteiger partial charge < -0.3 is 19.5 Å². The highest BCUT2D eigenvalue weighted by atomic mass is 16.7. The monoisotopic (exact) mass is 237 g/mol. The number of ether oxygens (including phenoxy) is 3. The third-order valence-electron chi connectivity index (χ3n) is 2.64. The van der Waals surface area contributed by atoms with Crippen molar-refractivity contribution in [2.75, 3.05) is 20.4 Å². The maximum Gasteiger partial charge on any atom is 0.231 e. The van der Waals surface area contributed by atoms with E-state index in [9.17, 15) is 0 Å². The summed E-state index contributed by atoms with van der Waals surface area (Å²) in [5.74, 6) is 3.03. The SMILES string of the molecule is COc1cc2c(cc1CNCC(C)C)OCO2. The van der Waals surface area contributed by atoms with Crippen molar-refractivity contribution in [3.05, 3.63) is 17.7 Å². The van der Waals surface area contributed by atoms with Gasteiger partial charge in [-0.3, -0.25) is 0 Å². The molecule has 0 amide bonds. The summed E-state index contributed by atoms with van der Waals surface area (Å²) in [5, 5.41) is 3.39. The van der Waals surface area contributed by atoms with Crippen molar-refractivity contribution >= 4 is 0 Å². The van der Waals surface area contributed by atoms with Gasteiger partial charge in [0.1, 0.15) is 5.75 Å². The highest BCUT2D eigenvalue weighted by molar-refractivity contribution is 5.51. The van der Waals surface area contributed by atoms with E-state index in [1.807, 2.05) is 12.1 Å². The minimum atomic E-state index is 0.293. The van der Waals surface area contributed by atoms with Gasteiger partial charge in [0.15, 0.2) is 11.5 Å². The molecular formula is C13H19NO3. The highest BCUT2D eigenvalue weighted by Gasteiger charge is 2.17. The Hall–Kier alpha value is -1.42. The first-order valence-corrected chi connectivity index (χ1v) is 5.88. The number of benzene rings is 1.